The molecule has 1 aromatic heterocycles. The molecule has 28 heavy (non-hydrogen) atoms. The molecule has 0 bridgehead atoms. The molecule has 0 amide bonds. The Bertz CT molecular complexity index is 945. The number of benzene rings is 1. The van der Waals surface area contributed by atoms with Gasteiger partial charge in [0.15, 0.2) is 16.9 Å². The molecule has 0 radical (unpaired) electrons. The number of fused-ring (bicyclic) bond motifs is 3. The maximum Gasteiger partial charge on any atom is 0.343 e. The second kappa shape index (κ2) is 8.09. The van der Waals surface area contributed by atoms with Gasteiger partial charge in [-0.1, -0.05) is 13.8 Å². The average molecular weight is 385 g/mol. The van der Waals surface area contributed by atoms with E-state index in [1.54, 1.807) is 27.3 Å². The van der Waals surface area contributed by atoms with E-state index in [-0.39, 0.29) is 23.6 Å². The summed E-state index contributed by atoms with van der Waals surface area (Å²) in [4.78, 5) is 25.0. The Morgan fingerprint density at radius 3 is 2.46 bits per heavy atom. The van der Waals surface area contributed by atoms with Crippen LogP contribution in [0.25, 0.3) is 11.3 Å². The number of ether oxygens (including phenoxy) is 3. The Morgan fingerprint density at radius 2 is 1.86 bits per heavy atom. The van der Waals surface area contributed by atoms with E-state index in [1.165, 1.54) is 6.07 Å². The summed E-state index contributed by atoms with van der Waals surface area (Å²) in [6.07, 6.45) is 3.38. The van der Waals surface area contributed by atoms with E-state index in [9.17, 15) is 9.59 Å². The summed E-state index contributed by atoms with van der Waals surface area (Å²) in [6.45, 7) is 6.25. The summed E-state index contributed by atoms with van der Waals surface area (Å²) in [5.74, 6) is 1.02. The molecule has 0 fully saturated rings. The van der Waals surface area contributed by atoms with E-state index in [0.29, 0.717) is 17.4 Å². The summed E-state index contributed by atoms with van der Waals surface area (Å²) in [5, 5.41) is 0. The predicted molar refractivity (Wildman–Crippen MR) is 107 cm³/mol. The number of methoxy groups -OCH3 is 2. The molecule has 1 aromatic carbocycles. The smallest absolute Gasteiger partial charge is 0.343 e. The fourth-order valence-electron chi connectivity index (χ4n) is 3.87. The average Bonchev–Trinajstić information content (AvgIpc) is 2.82. The monoisotopic (exact) mass is 385 g/mol. The molecule has 1 unspecified atom stereocenters. The van der Waals surface area contributed by atoms with Crippen molar-refractivity contribution >= 4 is 5.97 Å². The van der Waals surface area contributed by atoms with Crippen LogP contribution in [0, 0.1) is 5.92 Å². The van der Waals surface area contributed by atoms with Gasteiger partial charge in [0.05, 0.1) is 26.5 Å². The molecule has 1 aliphatic heterocycles. The van der Waals surface area contributed by atoms with E-state index in [0.717, 1.165) is 29.7 Å². The molecule has 0 spiro atoms. The van der Waals surface area contributed by atoms with Crippen molar-refractivity contribution in [3.05, 3.63) is 45.7 Å². The third-order valence-corrected chi connectivity index (χ3v) is 5.30. The number of rotatable bonds is 5. The van der Waals surface area contributed by atoms with E-state index in [4.69, 9.17) is 14.2 Å². The Morgan fingerprint density at radius 1 is 1.18 bits per heavy atom. The molecule has 6 nitrogen and oxygen atoms in total. The highest BCUT2D eigenvalue weighted by atomic mass is 16.5. The van der Waals surface area contributed by atoms with Gasteiger partial charge in [0.2, 0.25) is 0 Å². The van der Waals surface area contributed by atoms with Crippen LogP contribution in [0.5, 0.6) is 11.5 Å². The van der Waals surface area contributed by atoms with Gasteiger partial charge in [0.25, 0.3) is 0 Å². The van der Waals surface area contributed by atoms with Crippen LogP contribution in [0.1, 0.15) is 49.2 Å². The van der Waals surface area contributed by atoms with E-state index < -0.39 is 5.97 Å². The van der Waals surface area contributed by atoms with Crippen LogP contribution in [0.2, 0.25) is 0 Å². The van der Waals surface area contributed by atoms with Crippen molar-refractivity contribution in [1.82, 2.24) is 4.57 Å². The van der Waals surface area contributed by atoms with Crippen LogP contribution >= 0.6 is 0 Å². The standard InChI is InChI=1S/C22H27NO5/c1-6-28-22(25)16-12-23-17(13(2)3)8-7-14-9-20(26-4)21(27-5)10-15(14)18(23)11-19(16)24/h9-13,17H,6-8H2,1-5H3. The van der Waals surface area contributed by atoms with Gasteiger partial charge < -0.3 is 18.8 Å². The minimum absolute atomic E-state index is 0.0696. The molecule has 0 saturated heterocycles. The van der Waals surface area contributed by atoms with Crippen LogP contribution in [-0.2, 0) is 11.2 Å². The van der Waals surface area contributed by atoms with Crippen molar-refractivity contribution in [2.24, 2.45) is 5.92 Å². The lowest BCUT2D eigenvalue weighted by Gasteiger charge is -2.25. The molecule has 1 aliphatic rings. The highest BCUT2D eigenvalue weighted by molar-refractivity contribution is 5.89. The summed E-state index contributed by atoms with van der Waals surface area (Å²) in [7, 11) is 3.21. The molecule has 3 rings (SSSR count). The molecule has 0 aliphatic carbocycles. The fraction of sp³-hybridized carbons (Fsp3) is 0.455. The molecule has 0 saturated carbocycles. The second-order valence-electron chi connectivity index (χ2n) is 7.28. The maximum atomic E-state index is 12.7. The van der Waals surface area contributed by atoms with Gasteiger partial charge in [-0.25, -0.2) is 4.79 Å². The van der Waals surface area contributed by atoms with Gasteiger partial charge in [0.1, 0.15) is 5.56 Å². The number of carbonyl (C=O) groups is 1. The first-order valence-corrected chi connectivity index (χ1v) is 9.59. The minimum Gasteiger partial charge on any atom is -0.493 e. The molecule has 2 heterocycles. The van der Waals surface area contributed by atoms with Crippen molar-refractivity contribution < 1.29 is 19.0 Å². The Balaban J connectivity index is 2.27. The molecule has 150 valence electrons. The van der Waals surface area contributed by atoms with Crippen molar-refractivity contribution in [2.45, 2.75) is 39.7 Å². The van der Waals surface area contributed by atoms with E-state index in [2.05, 4.69) is 18.4 Å². The molecule has 2 aromatic rings. The first-order valence-electron chi connectivity index (χ1n) is 9.59. The first-order chi connectivity index (χ1) is 13.4. The van der Waals surface area contributed by atoms with Gasteiger partial charge >= 0.3 is 5.97 Å². The first kappa shape index (κ1) is 20.0. The van der Waals surface area contributed by atoms with Gasteiger partial charge in [0, 0.05) is 23.9 Å². The summed E-state index contributed by atoms with van der Waals surface area (Å²) in [5.41, 5.74) is 2.53. The third kappa shape index (κ3) is 3.51. The lowest BCUT2D eigenvalue weighted by molar-refractivity contribution is 0.0523. The predicted octanol–water partition coefficient (Wildman–Crippen LogP) is 3.85. The number of aryl methyl sites for hydroxylation is 1. The quantitative estimate of drug-likeness (QED) is 0.732. The molecule has 6 heteroatoms. The van der Waals surface area contributed by atoms with Crippen LogP contribution in [0.3, 0.4) is 0 Å². The zero-order valence-corrected chi connectivity index (χ0v) is 17.1. The van der Waals surface area contributed by atoms with Crippen molar-refractivity contribution in [1.29, 1.82) is 0 Å². The highest BCUT2D eigenvalue weighted by Gasteiger charge is 2.27. The lowest BCUT2D eigenvalue weighted by atomic mass is 9.96. The zero-order valence-electron chi connectivity index (χ0n) is 17.1. The second-order valence-corrected chi connectivity index (χ2v) is 7.28. The van der Waals surface area contributed by atoms with Gasteiger partial charge in [-0.3, -0.25) is 4.79 Å². The Hall–Kier alpha value is -2.76. The maximum absolute atomic E-state index is 12.7. The number of nitrogens with zero attached hydrogens (tertiary/aromatic N) is 1. The van der Waals surface area contributed by atoms with Crippen LogP contribution in [-0.4, -0.2) is 31.4 Å². The molecule has 0 N–H and O–H groups in total. The number of hydrogen-bond donors (Lipinski definition) is 0. The fourth-order valence-corrected chi connectivity index (χ4v) is 3.87. The van der Waals surface area contributed by atoms with Crippen molar-refractivity contribution in [2.75, 3.05) is 20.8 Å². The topological polar surface area (TPSA) is 66.8 Å². The Labute approximate surface area is 165 Å². The number of pyridine rings is 1. The van der Waals surface area contributed by atoms with Gasteiger partial charge in [-0.05, 0) is 43.4 Å². The lowest BCUT2D eigenvalue weighted by Crippen LogP contribution is -2.24. The molecule has 1 atom stereocenters. The largest absolute Gasteiger partial charge is 0.493 e. The summed E-state index contributed by atoms with van der Waals surface area (Å²) < 4.78 is 18.0. The normalized spacial score (nSPS) is 15.4. The molecular weight excluding hydrogens is 358 g/mol. The van der Waals surface area contributed by atoms with Crippen molar-refractivity contribution in [3.63, 3.8) is 0 Å². The number of aromatic nitrogens is 1. The SMILES string of the molecule is CCOC(=O)c1cn2c(cc1=O)-c1cc(OC)c(OC)cc1CCC2C(C)C. The number of carbonyl (C=O) groups excluding carboxylic acids is 1. The van der Waals surface area contributed by atoms with Crippen LogP contribution < -0.4 is 14.9 Å². The van der Waals surface area contributed by atoms with Gasteiger partial charge in [-0.15, -0.1) is 0 Å². The summed E-state index contributed by atoms with van der Waals surface area (Å²) in [6, 6.07) is 5.57. The third-order valence-electron chi connectivity index (χ3n) is 5.30. The molecular formula is C22H27NO5. The van der Waals surface area contributed by atoms with Crippen molar-refractivity contribution in [3.8, 4) is 22.8 Å². The van der Waals surface area contributed by atoms with E-state index in [1.807, 2.05) is 12.1 Å². The summed E-state index contributed by atoms with van der Waals surface area (Å²) >= 11 is 0. The Kier molecular flexibility index (Phi) is 5.77. The highest BCUT2D eigenvalue weighted by Crippen LogP contribution is 2.41. The van der Waals surface area contributed by atoms with Crippen LogP contribution in [0.15, 0.2) is 29.2 Å². The van der Waals surface area contributed by atoms with Gasteiger partial charge in [-0.2, -0.15) is 0 Å². The van der Waals surface area contributed by atoms with E-state index >= 15 is 0 Å². The van der Waals surface area contributed by atoms with Crippen LogP contribution in [0.4, 0.5) is 0 Å². The minimum atomic E-state index is -0.581. The number of hydrogen-bond acceptors (Lipinski definition) is 5. The number of esters is 1. The zero-order chi connectivity index (χ0) is 20.4.